The Labute approximate surface area is 105 Å². The van der Waals surface area contributed by atoms with Crippen molar-refractivity contribution < 1.29 is 9.84 Å². The highest BCUT2D eigenvalue weighted by Crippen LogP contribution is 2.30. The van der Waals surface area contributed by atoms with E-state index in [-0.39, 0.29) is 6.61 Å². The third kappa shape index (κ3) is 4.02. The van der Waals surface area contributed by atoms with Crippen molar-refractivity contribution in [3.63, 3.8) is 0 Å². The van der Waals surface area contributed by atoms with Crippen LogP contribution in [0.15, 0.2) is 16.6 Å². The lowest BCUT2D eigenvalue weighted by Gasteiger charge is -2.12. The third-order valence-electron chi connectivity index (χ3n) is 2.32. The van der Waals surface area contributed by atoms with E-state index in [1.54, 1.807) is 0 Å². The van der Waals surface area contributed by atoms with Gasteiger partial charge in [0.05, 0.1) is 12.3 Å². The van der Waals surface area contributed by atoms with Gasteiger partial charge in [0.25, 0.3) is 0 Å². The van der Waals surface area contributed by atoms with Crippen molar-refractivity contribution in [2.45, 2.75) is 26.2 Å². The van der Waals surface area contributed by atoms with Crippen LogP contribution in [0.25, 0.3) is 0 Å². The molecule has 1 rings (SSSR count). The molecule has 0 spiro atoms. The Balaban J connectivity index is 2.47. The van der Waals surface area contributed by atoms with Crippen LogP contribution in [0.5, 0.6) is 5.75 Å². The molecule has 0 aliphatic rings. The van der Waals surface area contributed by atoms with Gasteiger partial charge in [-0.05, 0) is 43.9 Å². The molecular weight excluding hydrogens is 270 g/mol. The number of rotatable bonds is 6. The van der Waals surface area contributed by atoms with E-state index in [9.17, 15) is 0 Å². The molecule has 0 atom stereocenters. The number of aliphatic hydroxyl groups is 1. The van der Waals surface area contributed by atoms with Crippen molar-refractivity contribution in [1.82, 2.24) is 0 Å². The second-order valence-electron chi connectivity index (χ2n) is 3.77. The third-order valence-corrected chi connectivity index (χ3v) is 2.77. The monoisotopic (exact) mass is 287 g/mol. The van der Waals surface area contributed by atoms with Gasteiger partial charge in [-0.25, -0.2) is 0 Å². The number of nitrogen functional groups attached to an aromatic ring is 1. The number of benzene rings is 1. The molecule has 90 valence electrons. The van der Waals surface area contributed by atoms with Gasteiger partial charge in [0, 0.05) is 11.1 Å². The summed E-state index contributed by atoms with van der Waals surface area (Å²) >= 11 is 3.39. The minimum Gasteiger partial charge on any atom is -0.491 e. The zero-order valence-corrected chi connectivity index (χ0v) is 11.1. The zero-order valence-electron chi connectivity index (χ0n) is 9.50. The van der Waals surface area contributed by atoms with Crippen molar-refractivity contribution >= 4 is 21.6 Å². The van der Waals surface area contributed by atoms with Crippen LogP contribution < -0.4 is 10.5 Å². The minimum atomic E-state index is 0.249. The lowest BCUT2D eigenvalue weighted by Crippen LogP contribution is -2.02. The lowest BCUT2D eigenvalue weighted by atomic mass is 10.2. The fraction of sp³-hybridized carbons (Fsp3) is 0.500. The van der Waals surface area contributed by atoms with Gasteiger partial charge in [0.15, 0.2) is 0 Å². The molecule has 0 radical (unpaired) electrons. The maximum absolute atomic E-state index is 8.64. The van der Waals surface area contributed by atoms with Crippen LogP contribution >= 0.6 is 15.9 Å². The Bertz CT molecular complexity index is 319. The normalized spacial score (nSPS) is 10.4. The molecule has 3 N–H and O–H groups in total. The number of anilines is 1. The number of unbranched alkanes of at least 4 members (excludes halogenated alkanes) is 2. The molecule has 0 aliphatic heterocycles. The second-order valence-corrected chi connectivity index (χ2v) is 4.69. The summed E-state index contributed by atoms with van der Waals surface area (Å²) in [6.07, 6.45) is 2.75. The molecule has 3 nitrogen and oxygen atoms in total. The molecule has 1 aromatic rings. The van der Waals surface area contributed by atoms with Gasteiger partial charge in [-0.15, -0.1) is 0 Å². The van der Waals surface area contributed by atoms with E-state index >= 15 is 0 Å². The first-order valence-electron chi connectivity index (χ1n) is 5.44. The number of hydrogen-bond donors (Lipinski definition) is 2. The molecule has 4 heteroatoms. The average Bonchev–Trinajstić information content (AvgIpc) is 2.20. The Hall–Kier alpha value is -0.740. The minimum absolute atomic E-state index is 0.249. The van der Waals surface area contributed by atoms with E-state index in [1.807, 2.05) is 19.1 Å². The zero-order chi connectivity index (χ0) is 12.0. The van der Waals surface area contributed by atoms with Crippen LogP contribution in [0.4, 0.5) is 5.69 Å². The van der Waals surface area contributed by atoms with Crippen LogP contribution in [0.3, 0.4) is 0 Å². The Kier molecular flexibility index (Phi) is 5.63. The highest BCUT2D eigenvalue weighted by Gasteiger charge is 2.05. The molecule has 0 saturated carbocycles. The SMILES string of the molecule is Cc1cc(Br)cc(N)c1OCCCCCO. The number of nitrogens with two attached hydrogens (primary N) is 1. The van der Waals surface area contributed by atoms with Crippen LogP contribution in [-0.2, 0) is 0 Å². The van der Waals surface area contributed by atoms with Crippen LogP contribution in [0.2, 0.25) is 0 Å². The average molecular weight is 288 g/mol. The van der Waals surface area contributed by atoms with Gasteiger partial charge in [-0.3, -0.25) is 0 Å². The molecule has 0 unspecified atom stereocenters. The Morgan fingerprint density at radius 1 is 1.31 bits per heavy atom. The Morgan fingerprint density at radius 3 is 2.69 bits per heavy atom. The van der Waals surface area contributed by atoms with E-state index in [0.29, 0.717) is 12.3 Å². The number of halogens is 1. The molecule has 0 fully saturated rings. The molecule has 0 bridgehead atoms. The second kappa shape index (κ2) is 6.76. The Morgan fingerprint density at radius 2 is 2.06 bits per heavy atom. The molecule has 16 heavy (non-hydrogen) atoms. The summed E-state index contributed by atoms with van der Waals surface area (Å²) in [7, 11) is 0. The maximum Gasteiger partial charge on any atom is 0.145 e. The van der Waals surface area contributed by atoms with Gasteiger partial charge in [0.2, 0.25) is 0 Å². The molecule has 0 saturated heterocycles. The first-order valence-corrected chi connectivity index (χ1v) is 6.23. The number of aryl methyl sites for hydroxylation is 1. The highest BCUT2D eigenvalue weighted by atomic mass is 79.9. The summed E-state index contributed by atoms with van der Waals surface area (Å²) in [6.45, 7) is 2.87. The van der Waals surface area contributed by atoms with Crippen LogP contribution in [-0.4, -0.2) is 18.3 Å². The van der Waals surface area contributed by atoms with E-state index in [2.05, 4.69) is 15.9 Å². The van der Waals surface area contributed by atoms with Crippen molar-refractivity contribution in [3.05, 3.63) is 22.2 Å². The van der Waals surface area contributed by atoms with Crippen molar-refractivity contribution in [1.29, 1.82) is 0 Å². The van der Waals surface area contributed by atoms with Crippen molar-refractivity contribution in [2.75, 3.05) is 18.9 Å². The van der Waals surface area contributed by atoms with Gasteiger partial charge in [-0.1, -0.05) is 15.9 Å². The molecule has 0 aliphatic carbocycles. The summed E-state index contributed by atoms with van der Waals surface area (Å²) in [4.78, 5) is 0. The molecule has 0 heterocycles. The number of hydrogen-bond acceptors (Lipinski definition) is 3. The summed E-state index contributed by atoms with van der Waals surface area (Å²) in [5, 5.41) is 8.64. The first-order chi connectivity index (χ1) is 7.65. The van der Waals surface area contributed by atoms with E-state index < -0.39 is 0 Å². The first kappa shape index (κ1) is 13.3. The molecule has 1 aromatic carbocycles. The standard InChI is InChI=1S/C12H18BrNO2/c1-9-7-10(13)8-11(14)12(9)16-6-4-2-3-5-15/h7-8,15H,2-6,14H2,1H3. The topological polar surface area (TPSA) is 55.5 Å². The van der Waals surface area contributed by atoms with Crippen molar-refractivity contribution in [2.24, 2.45) is 0 Å². The van der Waals surface area contributed by atoms with E-state index in [1.165, 1.54) is 0 Å². The van der Waals surface area contributed by atoms with Gasteiger partial charge < -0.3 is 15.6 Å². The van der Waals surface area contributed by atoms with Crippen molar-refractivity contribution in [3.8, 4) is 5.75 Å². The maximum atomic E-state index is 8.64. The number of aliphatic hydroxyl groups excluding tert-OH is 1. The van der Waals surface area contributed by atoms with Crippen LogP contribution in [0.1, 0.15) is 24.8 Å². The smallest absolute Gasteiger partial charge is 0.145 e. The van der Waals surface area contributed by atoms with Gasteiger partial charge in [0.1, 0.15) is 5.75 Å². The highest BCUT2D eigenvalue weighted by molar-refractivity contribution is 9.10. The number of ether oxygens (including phenoxy) is 1. The van der Waals surface area contributed by atoms with Crippen LogP contribution in [0, 0.1) is 6.92 Å². The predicted octanol–water partition coefficient (Wildman–Crippen LogP) is 2.88. The van der Waals surface area contributed by atoms with Gasteiger partial charge in [-0.2, -0.15) is 0 Å². The summed E-state index contributed by atoms with van der Waals surface area (Å²) in [6, 6.07) is 3.83. The molecule has 0 aromatic heterocycles. The lowest BCUT2D eigenvalue weighted by molar-refractivity contribution is 0.266. The fourth-order valence-electron chi connectivity index (χ4n) is 1.52. The van der Waals surface area contributed by atoms with Gasteiger partial charge >= 0.3 is 0 Å². The molecule has 0 amide bonds. The van der Waals surface area contributed by atoms with E-state index in [4.69, 9.17) is 15.6 Å². The quantitative estimate of drug-likeness (QED) is 0.625. The summed E-state index contributed by atoms with van der Waals surface area (Å²) in [5.74, 6) is 0.771. The predicted molar refractivity (Wildman–Crippen MR) is 69.7 cm³/mol. The summed E-state index contributed by atoms with van der Waals surface area (Å²) in [5.41, 5.74) is 7.57. The van der Waals surface area contributed by atoms with E-state index in [0.717, 1.165) is 35.0 Å². The fourth-order valence-corrected chi connectivity index (χ4v) is 2.11. The largest absolute Gasteiger partial charge is 0.491 e. The summed E-state index contributed by atoms with van der Waals surface area (Å²) < 4.78 is 6.61. The molecular formula is C12H18BrNO2.